The molecule has 0 aromatic heterocycles. The minimum Gasteiger partial charge on any atom is -0.508 e. The van der Waals surface area contributed by atoms with Crippen LogP contribution >= 0.6 is 0 Å². The summed E-state index contributed by atoms with van der Waals surface area (Å²) >= 11 is 0. The van der Waals surface area contributed by atoms with Crippen molar-refractivity contribution in [2.75, 3.05) is 6.61 Å². The lowest BCUT2D eigenvalue weighted by Gasteiger charge is -2.25. The van der Waals surface area contributed by atoms with Crippen molar-refractivity contribution in [2.45, 2.75) is 39.8 Å². The van der Waals surface area contributed by atoms with Gasteiger partial charge in [0, 0.05) is 17.6 Å². The Labute approximate surface area is 103 Å². The number of phenols is 1. The van der Waals surface area contributed by atoms with E-state index in [2.05, 4.69) is 19.2 Å². The Morgan fingerprint density at radius 1 is 1.24 bits per heavy atom. The molecule has 2 atom stereocenters. The van der Waals surface area contributed by atoms with Gasteiger partial charge in [0.2, 0.25) is 0 Å². The van der Waals surface area contributed by atoms with E-state index in [1.54, 1.807) is 6.07 Å². The number of phenolic OH excluding ortho intramolecular Hbond substituents is 1. The van der Waals surface area contributed by atoms with Gasteiger partial charge in [-0.2, -0.15) is 0 Å². The average molecular weight is 237 g/mol. The fraction of sp³-hybridized carbons (Fsp3) is 0.571. The van der Waals surface area contributed by atoms with Gasteiger partial charge in [-0.15, -0.1) is 0 Å². The first-order valence-corrected chi connectivity index (χ1v) is 6.12. The van der Waals surface area contributed by atoms with E-state index in [4.69, 9.17) is 0 Å². The van der Waals surface area contributed by atoms with E-state index in [1.807, 2.05) is 26.0 Å². The van der Waals surface area contributed by atoms with E-state index in [0.29, 0.717) is 11.7 Å². The molecule has 0 radical (unpaired) electrons. The molecule has 1 aromatic rings. The summed E-state index contributed by atoms with van der Waals surface area (Å²) in [4.78, 5) is 0. The smallest absolute Gasteiger partial charge is 0.120 e. The molecule has 0 amide bonds. The highest BCUT2D eigenvalue weighted by atomic mass is 16.3. The summed E-state index contributed by atoms with van der Waals surface area (Å²) in [6.07, 6.45) is 0. The fourth-order valence-electron chi connectivity index (χ4n) is 1.89. The summed E-state index contributed by atoms with van der Waals surface area (Å²) in [5.74, 6) is 0.658. The Morgan fingerprint density at radius 2 is 1.88 bits per heavy atom. The maximum atomic E-state index is 9.83. The lowest BCUT2D eigenvalue weighted by molar-refractivity contribution is 0.201. The summed E-state index contributed by atoms with van der Waals surface area (Å²) < 4.78 is 0. The first-order valence-electron chi connectivity index (χ1n) is 6.12. The van der Waals surface area contributed by atoms with E-state index >= 15 is 0 Å². The summed E-state index contributed by atoms with van der Waals surface area (Å²) in [6, 6.07) is 5.64. The molecule has 0 fully saturated rings. The van der Waals surface area contributed by atoms with Crippen molar-refractivity contribution in [3.8, 4) is 5.75 Å². The Bertz CT molecular complexity index is 363. The molecule has 1 rings (SSSR count). The number of aliphatic hydroxyl groups is 1. The topological polar surface area (TPSA) is 52.5 Å². The number of nitrogens with one attached hydrogen (secondary N) is 1. The summed E-state index contributed by atoms with van der Waals surface area (Å²) in [7, 11) is 0. The molecule has 96 valence electrons. The summed E-state index contributed by atoms with van der Waals surface area (Å²) in [5.41, 5.74) is 2.00. The largest absolute Gasteiger partial charge is 0.508 e. The summed E-state index contributed by atoms with van der Waals surface area (Å²) in [6.45, 7) is 8.24. The van der Waals surface area contributed by atoms with Gasteiger partial charge in [0.1, 0.15) is 5.75 Å². The molecule has 1 aromatic carbocycles. The van der Waals surface area contributed by atoms with Gasteiger partial charge in [-0.1, -0.05) is 31.5 Å². The number of hydrogen-bond acceptors (Lipinski definition) is 3. The van der Waals surface area contributed by atoms with Gasteiger partial charge >= 0.3 is 0 Å². The Morgan fingerprint density at radius 3 is 2.41 bits per heavy atom. The highest BCUT2D eigenvalue weighted by Gasteiger charge is 2.17. The van der Waals surface area contributed by atoms with Gasteiger partial charge in [-0.3, -0.25) is 0 Å². The van der Waals surface area contributed by atoms with Crippen LogP contribution in [0.3, 0.4) is 0 Å². The van der Waals surface area contributed by atoms with Gasteiger partial charge in [0.05, 0.1) is 6.61 Å². The molecular formula is C14H23NO2. The van der Waals surface area contributed by atoms with Crippen LogP contribution in [0.4, 0.5) is 0 Å². The lowest BCUT2D eigenvalue weighted by atomic mass is 10.00. The number of rotatable bonds is 5. The molecule has 0 heterocycles. The molecule has 0 spiro atoms. The normalized spacial score (nSPS) is 14.9. The summed E-state index contributed by atoms with van der Waals surface area (Å²) in [5, 5.41) is 22.5. The molecule has 17 heavy (non-hydrogen) atoms. The van der Waals surface area contributed by atoms with Crippen LogP contribution in [-0.2, 0) is 0 Å². The second-order valence-electron chi connectivity index (χ2n) is 4.98. The second kappa shape index (κ2) is 6.03. The third kappa shape index (κ3) is 3.72. The zero-order chi connectivity index (χ0) is 13.0. The van der Waals surface area contributed by atoms with Crippen LogP contribution in [0.5, 0.6) is 5.75 Å². The monoisotopic (exact) mass is 237 g/mol. The minimum absolute atomic E-state index is 0.0226. The van der Waals surface area contributed by atoms with Crippen molar-refractivity contribution < 1.29 is 10.2 Å². The molecule has 0 bridgehead atoms. The van der Waals surface area contributed by atoms with Gasteiger partial charge in [-0.05, 0) is 25.8 Å². The molecule has 0 aliphatic carbocycles. The van der Waals surface area contributed by atoms with Crippen LogP contribution in [0.2, 0.25) is 0 Å². The maximum absolute atomic E-state index is 9.83. The van der Waals surface area contributed by atoms with Crippen LogP contribution < -0.4 is 5.32 Å². The second-order valence-corrected chi connectivity index (χ2v) is 4.98. The van der Waals surface area contributed by atoms with Crippen LogP contribution in [0.1, 0.15) is 37.9 Å². The Hall–Kier alpha value is -1.06. The van der Waals surface area contributed by atoms with Crippen molar-refractivity contribution in [1.82, 2.24) is 5.32 Å². The zero-order valence-electron chi connectivity index (χ0n) is 11.1. The predicted octanol–water partition coefficient (Wildman–Crippen LogP) is 2.37. The first kappa shape index (κ1) is 14.0. The van der Waals surface area contributed by atoms with E-state index < -0.39 is 0 Å². The maximum Gasteiger partial charge on any atom is 0.120 e. The minimum atomic E-state index is 0.0226. The van der Waals surface area contributed by atoms with Gasteiger partial charge in [-0.25, -0.2) is 0 Å². The van der Waals surface area contributed by atoms with Gasteiger partial charge < -0.3 is 15.5 Å². The van der Waals surface area contributed by atoms with Gasteiger partial charge in [0.15, 0.2) is 0 Å². The van der Waals surface area contributed by atoms with E-state index in [-0.39, 0.29) is 18.7 Å². The van der Waals surface area contributed by atoms with Crippen molar-refractivity contribution >= 4 is 0 Å². The van der Waals surface area contributed by atoms with Crippen molar-refractivity contribution in [2.24, 2.45) is 5.92 Å². The van der Waals surface area contributed by atoms with Crippen molar-refractivity contribution in [3.63, 3.8) is 0 Å². The molecule has 0 aliphatic heterocycles. The number of aryl methyl sites for hydroxylation is 1. The zero-order valence-corrected chi connectivity index (χ0v) is 11.1. The van der Waals surface area contributed by atoms with E-state index in [1.165, 1.54) is 0 Å². The van der Waals surface area contributed by atoms with E-state index in [0.717, 1.165) is 11.1 Å². The fourth-order valence-corrected chi connectivity index (χ4v) is 1.89. The highest BCUT2D eigenvalue weighted by molar-refractivity contribution is 5.37. The lowest BCUT2D eigenvalue weighted by Crippen LogP contribution is -2.38. The molecule has 0 saturated heterocycles. The number of benzene rings is 1. The highest BCUT2D eigenvalue weighted by Crippen LogP contribution is 2.25. The predicted molar refractivity (Wildman–Crippen MR) is 70.1 cm³/mol. The Kier molecular flexibility index (Phi) is 4.97. The number of aromatic hydroxyl groups is 1. The standard InChI is InChI=1S/C14H23NO2/c1-9(2)13(8-16)15-11(4)12-7-10(3)5-6-14(12)17/h5-7,9,11,13,15-17H,8H2,1-4H3. The molecule has 0 aliphatic rings. The van der Waals surface area contributed by atoms with Gasteiger partial charge in [0.25, 0.3) is 0 Å². The molecule has 3 nitrogen and oxygen atoms in total. The van der Waals surface area contributed by atoms with Crippen molar-refractivity contribution in [3.05, 3.63) is 29.3 Å². The molecule has 0 saturated carbocycles. The van der Waals surface area contributed by atoms with Crippen molar-refractivity contribution in [1.29, 1.82) is 0 Å². The quantitative estimate of drug-likeness (QED) is 0.737. The van der Waals surface area contributed by atoms with Crippen LogP contribution in [0.25, 0.3) is 0 Å². The molecule has 3 heteroatoms. The van der Waals surface area contributed by atoms with E-state index in [9.17, 15) is 10.2 Å². The number of aliphatic hydroxyl groups excluding tert-OH is 1. The molecule has 2 unspecified atom stereocenters. The first-order chi connectivity index (χ1) is 7.95. The Balaban J connectivity index is 2.81. The SMILES string of the molecule is Cc1ccc(O)c(C(C)NC(CO)C(C)C)c1. The average Bonchev–Trinajstić information content (AvgIpc) is 2.28. The third-order valence-corrected chi connectivity index (χ3v) is 3.12. The molecular weight excluding hydrogens is 214 g/mol. The van der Waals surface area contributed by atoms with Crippen LogP contribution in [-0.4, -0.2) is 22.9 Å². The number of hydrogen-bond donors (Lipinski definition) is 3. The molecule has 3 N–H and O–H groups in total. The third-order valence-electron chi connectivity index (χ3n) is 3.12. The van der Waals surface area contributed by atoms with Crippen LogP contribution in [0.15, 0.2) is 18.2 Å². The van der Waals surface area contributed by atoms with Crippen LogP contribution in [0, 0.1) is 12.8 Å².